The van der Waals surface area contributed by atoms with Gasteiger partial charge in [-0.2, -0.15) is 0 Å². The molecule has 2 aromatic carbocycles. The topological polar surface area (TPSA) is 15.3 Å². The minimum absolute atomic E-state index is 0.0312. The molecule has 0 bridgehead atoms. The normalized spacial score (nSPS) is 12.2. The number of hydrogen-bond acceptors (Lipinski definition) is 2. The highest BCUT2D eigenvalue weighted by Gasteiger charge is 2.16. The van der Waals surface area contributed by atoms with E-state index < -0.39 is 0 Å². The van der Waals surface area contributed by atoms with E-state index in [-0.39, 0.29) is 11.9 Å². The average molecular weight is 272 g/mol. The molecule has 1 N–H and O–H groups in total. The maximum Gasteiger partial charge on any atom is 0.128 e. The number of halogens is 1. The molecule has 0 fully saturated rings. The lowest BCUT2D eigenvalue weighted by Crippen LogP contribution is -2.34. The van der Waals surface area contributed by atoms with Gasteiger partial charge in [0.25, 0.3) is 0 Å². The molecule has 0 saturated carbocycles. The lowest BCUT2D eigenvalue weighted by Gasteiger charge is -2.28. The van der Waals surface area contributed by atoms with Crippen molar-refractivity contribution in [3.63, 3.8) is 0 Å². The minimum atomic E-state index is -0.157. The Morgan fingerprint density at radius 1 is 1.05 bits per heavy atom. The number of para-hydroxylation sites is 1. The highest BCUT2D eigenvalue weighted by Crippen LogP contribution is 2.21. The highest BCUT2D eigenvalue weighted by atomic mass is 19.1. The largest absolute Gasteiger partial charge is 0.370 e. The first-order chi connectivity index (χ1) is 9.76. The van der Waals surface area contributed by atoms with Crippen LogP contribution in [0.5, 0.6) is 0 Å². The van der Waals surface area contributed by atoms with Crippen molar-refractivity contribution in [3.05, 3.63) is 66.0 Å². The summed E-state index contributed by atoms with van der Waals surface area (Å²) in [5, 5.41) is 3.21. The number of nitrogens with zero attached hydrogens (tertiary/aromatic N) is 1. The Labute approximate surface area is 120 Å². The van der Waals surface area contributed by atoms with Crippen LogP contribution in [0.3, 0.4) is 0 Å². The second-order valence-electron chi connectivity index (χ2n) is 4.74. The van der Waals surface area contributed by atoms with Crippen LogP contribution in [0.15, 0.2) is 54.6 Å². The smallest absolute Gasteiger partial charge is 0.128 e. The summed E-state index contributed by atoms with van der Waals surface area (Å²) in [5.41, 5.74) is 1.87. The summed E-state index contributed by atoms with van der Waals surface area (Å²) in [6.45, 7) is 3.73. The van der Waals surface area contributed by atoms with Crippen molar-refractivity contribution in [2.24, 2.45) is 0 Å². The van der Waals surface area contributed by atoms with Crippen molar-refractivity contribution in [3.8, 4) is 0 Å². The number of rotatable bonds is 6. The molecule has 2 rings (SSSR count). The first-order valence-electron chi connectivity index (χ1n) is 6.98. The van der Waals surface area contributed by atoms with Crippen LogP contribution in [0, 0.1) is 5.82 Å². The van der Waals surface area contributed by atoms with Crippen LogP contribution in [0.2, 0.25) is 0 Å². The summed E-state index contributed by atoms with van der Waals surface area (Å²) in [6.07, 6.45) is 0. The molecule has 0 radical (unpaired) electrons. The first kappa shape index (κ1) is 14.5. The van der Waals surface area contributed by atoms with Gasteiger partial charge in [0.1, 0.15) is 5.82 Å². The third-order valence-corrected chi connectivity index (χ3v) is 3.54. The predicted octanol–water partition coefficient (Wildman–Crippen LogP) is 3.61. The summed E-state index contributed by atoms with van der Waals surface area (Å²) in [6, 6.07) is 17.1. The van der Waals surface area contributed by atoms with Crippen molar-refractivity contribution in [1.82, 2.24) is 5.32 Å². The van der Waals surface area contributed by atoms with Gasteiger partial charge in [0.2, 0.25) is 0 Å². The molecule has 0 aliphatic rings. The molecule has 1 atom stereocenters. The van der Waals surface area contributed by atoms with Gasteiger partial charge in [0, 0.05) is 24.3 Å². The Morgan fingerprint density at radius 3 is 2.30 bits per heavy atom. The van der Waals surface area contributed by atoms with E-state index in [4.69, 9.17) is 0 Å². The molecule has 0 aromatic heterocycles. The van der Waals surface area contributed by atoms with Gasteiger partial charge in [-0.15, -0.1) is 0 Å². The van der Waals surface area contributed by atoms with Crippen molar-refractivity contribution >= 4 is 5.69 Å². The van der Waals surface area contributed by atoms with E-state index in [1.54, 1.807) is 6.07 Å². The van der Waals surface area contributed by atoms with Gasteiger partial charge in [-0.25, -0.2) is 4.39 Å². The average Bonchev–Trinajstić information content (AvgIpc) is 2.50. The lowest BCUT2D eigenvalue weighted by molar-refractivity contribution is 0.528. The molecule has 0 heterocycles. The first-order valence-corrected chi connectivity index (χ1v) is 6.98. The third kappa shape index (κ3) is 3.36. The Hall–Kier alpha value is -1.87. The molecule has 3 heteroatoms. The van der Waals surface area contributed by atoms with Gasteiger partial charge in [0.05, 0.1) is 6.04 Å². The van der Waals surface area contributed by atoms with Crippen LogP contribution in [-0.2, 0) is 0 Å². The molecule has 0 aliphatic heterocycles. The predicted molar refractivity (Wildman–Crippen MR) is 82.5 cm³/mol. The summed E-state index contributed by atoms with van der Waals surface area (Å²) < 4.78 is 13.9. The van der Waals surface area contributed by atoms with Gasteiger partial charge in [-0.1, -0.05) is 36.4 Å². The Balaban J connectivity index is 2.19. The molecular weight excluding hydrogens is 251 g/mol. The Morgan fingerprint density at radius 2 is 1.70 bits per heavy atom. The number of hydrogen-bond donors (Lipinski definition) is 1. The van der Waals surface area contributed by atoms with E-state index in [1.165, 1.54) is 6.07 Å². The van der Waals surface area contributed by atoms with Gasteiger partial charge >= 0.3 is 0 Å². The molecular formula is C17H21FN2. The summed E-state index contributed by atoms with van der Waals surface area (Å²) >= 11 is 0. The van der Waals surface area contributed by atoms with Crippen LogP contribution < -0.4 is 10.2 Å². The van der Waals surface area contributed by atoms with E-state index in [0.29, 0.717) is 5.56 Å². The fourth-order valence-corrected chi connectivity index (χ4v) is 2.38. The zero-order valence-electron chi connectivity index (χ0n) is 12.0. The number of nitrogens with one attached hydrogen (secondary N) is 1. The maximum atomic E-state index is 13.9. The molecule has 0 saturated heterocycles. The molecule has 2 aromatic rings. The van der Waals surface area contributed by atoms with Gasteiger partial charge in [-0.05, 0) is 32.2 Å². The molecule has 20 heavy (non-hydrogen) atoms. The van der Waals surface area contributed by atoms with E-state index in [0.717, 1.165) is 18.8 Å². The fraction of sp³-hybridized carbons (Fsp3) is 0.294. The monoisotopic (exact) mass is 272 g/mol. The summed E-state index contributed by atoms with van der Waals surface area (Å²) in [7, 11) is 1.87. The maximum absolute atomic E-state index is 13.9. The number of anilines is 1. The van der Waals surface area contributed by atoms with Crippen LogP contribution in [-0.4, -0.2) is 20.1 Å². The molecule has 0 spiro atoms. The number of likely N-dealkylation sites (N-methyl/N-ethyl adjacent to an activating group) is 2. The van der Waals surface area contributed by atoms with Gasteiger partial charge in [0.15, 0.2) is 0 Å². The summed E-state index contributed by atoms with van der Waals surface area (Å²) in [4.78, 5) is 2.24. The van der Waals surface area contributed by atoms with E-state index in [9.17, 15) is 4.39 Å². The van der Waals surface area contributed by atoms with Gasteiger partial charge < -0.3 is 10.2 Å². The zero-order chi connectivity index (χ0) is 14.4. The number of benzene rings is 2. The second kappa shape index (κ2) is 7.06. The van der Waals surface area contributed by atoms with Crippen molar-refractivity contribution < 1.29 is 4.39 Å². The van der Waals surface area contributed by atoms with Crippen LogP contribution in [0.25, 0.3) is 0 Å². The molecule has 0 aliphatic carbocycles. The van der Waals surface area contributed by atoms with Crippen molar-refractivity contribution in [2.45, 2.75) is 13.0 Å². The fourth-order valence-electron chi connectivity index (χ4n) is 2.38. The van der Waals surface area contributed by atoms with Crippen LogP contribution in [0.4, 0.5) is 10.1 Å². The standard InChI is InChI=1S/C17H21FN2/c1-3-20(14-9-5-4-6-10-14)13-17(19-2)15-11-7-8-12-16(15)18/h4-12,17,19H,3,13H2,1-2H3. The zero-order valence-corrected chi connectivity index (χ0v) is 12.0. The van der Waals surface area contributed by atoms with E-state index in [2.05, 4.69) is 29.3 Å². The second-order valence-corrected chi connectivity index (χ2v) is 4.74. The van der Waals surface area contributed by atoms with Gasteiger partial charge in [-0.3, -0.25) is 0 Å². The Kier molecular flexibility index (Phi) is 5.13. The summed E-state index contributed by atoms with van der Waals surface area (Å²) in [5.74, 6) is -0.157. The van der Waals surface area contributed by atoms with Crippen molar-refractivity contribution in [1.29, 1.82) is 0 Å². The van der Waals surface area contributed by atoms with E-state index in [1.807, 2.05) is 37.4 Å². The SMILES string of the molecule is CCN(CC(NC)c1ccccc1F)c1ccccc1. The molecule has 1 unspecified atom stereocenters. The van der Waals surface area contributed by atoms with Crippen molar-refractivity contribution in [2.75, 3.05) is 25.0 Å². The lowest BCUT2D eigenvalue weighted by atomic mass is 10.1. The third-order valence-electron chi connectivity index (χ3n) is 3.54. The Bertz CT molecular complexity index is 528. The van der Waals surface area contributed by atoms with E-state index >= 15 is 0 Å². The molecule has 106 valence electrons. The quantitative estimate of drug-likeness (QED) is 0.864. The van der Waals surface area contributed by atoms with Crippen LogP contribution in [0.1, 0.15) is 18.5 Å². The molecule has 2 nitrogen and oxygen atoms in total. The molecule has 0 amide bonds. The highest BCUT2D eigenvalue weighted by molar-refractivity contribution is 5.46. The minimum Gasteiger partial charge on any atom is -0.370 e. The van der Waals surface area contributed by atoms with Crippen LogP contribution >= 0.6 is 0 Å².